The van der Waals surface area contributed by atoms with E-state index in [-0.39, 0.29) is 30.6 Å². The molecule has 1 aliphatic carbocycles. The molecule has 3 rings (SSSR count). The van der Waals surface area contributed by atoms with Crippen LogP contribution < -0.4 is 11.1 Å². The molecule has 1 amide bonds. The highest BCUT2D eigenvalue weighted by Gasteiger charge is 2.33. The lowest BCUT2D eigenvalue weighted by Gasteiger charge is -2.16. The van der Waals surface area contributed by atoms with Crippen LogP contribution in [-0.4, -0.2) is 36.6 Å². The topological polar surface area (TPSA) is 98.5 Å². The minimum Gasteiger partial charge on any atom is -0.465 e. The van der Waals surface area contributed by atoms with E-state index in [4.69, 9.17) is 11.8 Å². The quantitative estimate of drug-likeness (QED) is 0.209. The number of hydrogen-bond donors (Lipinski definition) is 2. The van der Waals surface area contributed by atoms with Crippen molar-refractivity contribution in [3.63, 3.8) is 0 Å². The number of ether oxygens (including phenoxy) is 1. The zero-order valence-electron chi connectivity index (χ0n) is 22.4. The highest BCUT2D eigenvalue weighted by molar-refractivity contribution is 7.17. The minimum absolute atomic E-state index is 0.0647. The Morgan fingerprint density at radius 2 is 1.92 bits per heavy atom. The van der Waals surface area contributed by atoms with Gasteiger partial charge in [-0.3, -0.25) is 14.4 Å². The molecule has 3 unspecified atom stereocenters. The summed E-state index contributed by atoms with van der Waals surface area (Å²) >= 11 is 0. The van der Waals surface area contributed by atoms with Gasteiger partial charge in [-0.2, -0.15) is 0 Å². The van der Waals surface area contributed by atoms with Gasteiger partial charge >= 0.3 is 5.97 Å². The van der Waals surface area contributed by atoms with E-state index >= 15 is 0 Å². The number of rotatable bonds is 14. The van der Waals surface area contributed by atoms with E-state index in [1.54, 1.807) is 0 Å². The van der Waals surface area contributed by atoms with Gasteiger partial charge in [-0.1, -0.05) is 56.7 Å². The number of Topliss-reactive ketones (excluding diaryl/α,β-unsaturated/α-hetero) is 1. The lowest BCUT2D eigenvalue weighted by molar-refractivity contribution is -0.143. The predicted molar refractivity (Wildman–Crippen MR) is 147 cm³/mol. The van der Waals surface area contributed by atoms with Crippen molar-refractivity contribution in [1.29, 1.82) is 0 Å². The number of fused-ring (bicyclic) bond motifs is 3. The van der Waals surface area contributed by atoms with E-state index in [0.717, 1.165) is 59.9 Å². The molecule has 7 heteroatoms. The van der Waals surface area contributed by atoms with Crippen molar-refractivity contribution >= 4 is 26.9 Å². The maximum absolute atomic E-state index is 13.1. The van der Waals surface area contributed by atoms with E-state index < -0.39 is 11.7 Å². The number of amides is 1. The second-order valence-electron chi connectivity index (χ2n) is 9.41. The van der Waals surface area contributed by atoms with Crippen LogP contribution in [0.15, 0.2) is 36.4 Å². The molecule has 0 aliphatic heterocycles. The number of ketones is 1. The third-order valence-corrected chi connectivity index (χ3v) is 6.70. The molecule has 3 N–H and O–H groups in total. The minimum atomic E-state index is -1.47. The number of nitrogens with two attached hydrogens (primary N) is 1. The third kappa shape index (κ3) is 7.24. The predicted octanol–water partition coefficient (Wildman–Crippen LogP) is 5.11. The van der Waals surface area contributed by atoms with Gasteiger partial charge in [-0.25, -0.2) is 0 Å². The van der Waals surface area contributed by atoms with Crippen molar-refractivity contribution < 1.29 is 20.5 Å². The fourth-order valence-electron chi connectivity index (χ4n) is 4.70. The fourth-order valence-corrected chi connectivity index (χ4v) is 4.86. The summed E-state index contributed by atoms with van der Waals surface area (Å²) in [5, 5.41) is 2.91. The first kappa shape index (κ1) is 26.5. The summed E-state index contributed by atoms with van der Waals surface area (Å²) in [6.45, 7) is 4.89. The number of carbonyl (C=O) groups is 3. The number of esters is 1. The van der Waals surface area contributed by atoms with E-state index in [1.165, 1.54) is 0 Å². The molecule has 0 saturated heterocycles. The first-order valence-corrected chi connectivity index (χ1v) is 13.5. The van der Waals surface area contributed by atoms with Crippen LogP contribution in [0.2, 0.25) is 0 Å². The van der Waals surface area contributed by atoms with Gasteiger partial charge in [0, 0.05) is 36.6 Å². The molecule has 0 bridgehead atoms. The van der Waals surface area contributed by atoms with Crippen molar-refractivity contribution in [2.75, 3.05) is 13.2 Å². The molecule has 0 aromatic heterocycles. The number of aryl methyl sites for hydroxylation is 1. The van der Waals surface area contributed by atoms with Gasteiger partial charge in [-0.15, -0.1) is 9.24 Å². The molecule has 0 saturated carbocycles. The molecular weight excluding hydrogens is 471 g/mol. The summed E-state index contributed by atoms with van der Waals surface area (Å²) in [6, 6.07) is 12.0. The fraction of sp³-hybridized carbons (Fsp3) is 0.483. The molecular formula is C29H39N2O4P. The monoisotopic (exact) mass is 511 g/mol. The number of nitrogens with one attached hydrogen (secondary N) is 1. The Bertz CT molecular complexity index is 1130. The molecule has 0 spiro atoms. The van der Waals surface area contributed by atoms with Crippen LogP contribution in [0.4, 0.5) is 0 Å². The molecule has 2 aromatic rings. The number of hydrogen-bond acceptors (Lipinski definition) is 5. The van der Waals surface area contributed by atoms with Crippen LogP contribution in [-0.2, 0) is 20.7 Å². The van der Waals surface area contributed by atoms with Gasteiger partial charge in [0.05, 0.1) is 7.79 Å². The Hall–Kier alpha value is -2.56. The number of carbonyl (C=O) groups excluding carboxylic acids is 3. The van der Waals surface area contributed by atoms with Crippen LogP contribution >= 0.6 is 9.24 Å². The van der Waals surface area contributed by atoms with Gasteiger partial charge in [0.25, 0.3) is 0 Å². The Balaban J connectivity index is 1.87. The zero-order valence-corrected chi connectivity index (χ0v) is 22.6. The number of unbranched alkanes of at least 4 members (excludes halogenated alkanes) is 1. The summed E-state index contributed by atoms with van der Waals surface area (Å²) in [5.41, 5.74) is 11.3. The zero-order chi connectivity index (χ0) is 27.0. The maximum Gasteiger partial charge on any atom is 0.307 e. The molecule has 0 radical (unpaired) electrons. The lowest BCUT2D eigenvalue weighted by Crippen LogP contribution is -2.23. The van der Waals surface area contributed by atoms with Gasteiger partial charge in [-0.05, 0) is 53.5 Å². The Labute approximate surface area is 218 Å². The van der Waals surface area contributed by atoms with Gasteiger partial charge in [0.2, 0.25) is 5.91 Å². The van der Waals surface area contributed by atoms with Gasteiger partial charge in [0.15, 0.2) is 5.78 Å². The standard InChI is InChI=1S/C29H39N2O4P/c1-3-5-11-25(32)22-10-7-9-20-24(18-35-28(34)17-26(30)36)23-16-19(13-14-21(23)29(20)22)8-6-12-27(33)31-15-4-2/h7,9-10,13-14,16,24,26H,3-6,8,11-12,15,17-18,30,36H2,1-2H3,(H,31,33)/i26D. The average molecular weight is 512 g/mol. The highest BCUT2D eigenvalue weighted by atomic mass is 31.0. The van der Waals surface area contributed by atoms with E-state index in [0.29, 0.717) is 24.9 Å². The van der Waals surface area contributed by atoms with Crippen molar-refractivity contribution in [1.82, 2.24) is 5.32 Å². The second kappa shape index (κ2) is 13.7. The molecule has 6 nitrogen and oxygen atoms in total. The molecule has 1 aliphatic rings. The summed E-state index contributed by atoms with van der Waals surface area (Å²) in [5.74, 6) is -2.04. The SMILES string of the molecule is [2H]C(N)(P)CC(=O)OCC1c2cc(CCCC(=O)NCCC)ccc2-c2c(C(=O)CCCC)cccc21. The van der Waals surface area contributed by atoms with E-state index in [2.05, 4.69) is 39.7 Å². The van der Waals surface area contributed by atoms with Crippen molar-refractivity contribution in [3.8, 4) is 11.1 Å². The van der Waals surface area contributed by atoms with E-state index in [1.807, 2.05) is 25.1 Å². The van der Waals surface area contributed by atoms with Crippen molar-refractivity contribution in [2.24, 2.45) is 5.73 Å². The molecule has 2 aromatic carbocycles. The molecule has 36 heavy (non-hydrogen) atoms. The molecule has 194 valence electrons. The van der Waals surface area contributed by atoms with Gasteiger partial charge in [0.1, 0.15) is 6.61 Å². The van der Waals surface area contributed by atoms with Crippen LogP contribution in [0.3, 0.4) is 0 Å². The maximum atomic E-state index is 13.1. The van der Waals surface area contributed by atoms with Crippen LogP contribution in [0.5, 0.6) is 0 Å². The highest BCUT2D eigenvalue weighted by Crippen LogP contribution is 2.47. The first-order chi connectivity index (χ1) is 17.6. The summed E-state index contributed by atoms with van der Waals surface area (Å²) in [4.78, 5) is 37.4. The average Bonchev–Trinajstić information content (AvgIpc) is 3.16. The molecule has 0 fully saturated rings. The van der Waals surface area contributed by atoms with Crippen LogP contribution in [0.1, 0.15) is 93.1 Å². The second-order valence-corrected chi connectivity index (χ2v) is 10.2. The smallest absolute Gasteiger partial charge is 0.307 e. The first-order valence-electron chi connectivity index (χ1n) is 13.4. The third-order valence-electron chi connectivity index (χ3n) is 6.49. The lowest BCUT2D eigenvalue weighted by atomic mass is 9.93. The molecule has 3 atom stereocenters. The number of benzene rings is 2. The summed E-state index contributed by atoms with van der Waals surface area (Å²) in [6.07, 6.45) is 4.91. The summed E-state index contributed by atoms with van der Waals surface area (Å²) in [7, 11) is 2.13. The Morgan fingerprint density at radius 1 is 1.11 bits per heavy atom. The van der Waals surface area contributed by atoms with Crippen LogP contribution in [0, 0.1) is 0 Å². The van der Waals surface area contributed by atoms with Crippen molar-refractivity contribution in [3.05, 3.63) is 58.7 Å². The van der Waals surface area contributed by atoms with Crippen molar-refractivity contribution in [2.45, 2.75) is 76.9 Å². The Kier molecular flexibility index (Phi) is 10.1. The van der Waals surface area contributed by atoms with Crippen LogP contribution in [0.25, 0.3) is 11.1 Å². The van der Waals surface area contributed by atoms with E-state index in [9.17, 15) is 14.4 Å². The summed E-state index contributed by atoms with van der Waals surface area (Å²) < 4.78 is 13.3. The van der Waals surface area contributed by atoms with Gasteiger partial charge < -0.3 is 15.8 Å². The normalized spacial score (nSPS) is 15.9. The Morgan fingerprint density at radius 3 is 2.64 bits per heavy atom. The molecule has 0 heterocycles. The largest absolute Gasteiger partial charge is 0.465 e.